The maximum atomic E-state index is 12.8. The first kappa shape index (κ1) is 70.9. The van der Waals surface area contributed by atoms with Gasteiger partial charge in [-0.1, -0.05) is 53.5 Å². The molecule has 8 N–H and O–H groups in total. The highest BCUT2D eigenvalue weighted by Gasteiger charge is 2.48. The molecule has 0 radical (unpaired) electrons. The molecule has 94 heavy (non-hydrogen) atoms. The van der Waals surface area contributed by atoms with Gasteiger partial charge in [0.15, 0.2) is 5.75 Å². The fourth-order valence-corrected chi connectivity index (χ4v) is 11.6. The number of nitrogens with two attached hydrogens (primary N) is 3. The van der Waals surface area contributed by atoms with Gasteiger partial charge in [0.2, 0.25) is 43.9 Å². The Morgan fingerprint density at radius 2 is 1.34 bits per heavy atom. The van der Waals surface area contributed by atoms with E-state index in [1.807, 2.05) is 56.5 Å². The number of nitrogens with zero attached hydrogens (tertiary/aromatic N) is 2. The van der Waals surface area contributed by atoms with Gasteiger partial charge in [-0.3, -0.25) is 19.1 Å². The third-order valence-electron chi connectivity index (χ3n) is 13.3. The molecule has 0 bridgehead atoms. The lowest BCUT2D eigenvalue weighted by Crippen LogP contribution is -2.42. The molecule has 10 aromatic rings. The summed E-state index contributed by atoms with van der Waals surface area (Å²) in [4.78, 5) is 40.5. The molecule has 4 heterocycles. The van der Waals surface area contributed by atoms with Gasteiger partial charge in [-0.2, -0.15) is 19.1 Å². The SMILES string of the molecule is CCOc1ccc(-c2cc(C)cn2-c2ccc(SOON)cc2)cc1.CS(=O)(=O)Nc1cc2occ(NC=O)c(=O)c2cc1Oc1ccccc1.CSc1ccc(-n2cc(C)cc2-c2ccc(S(N)(=O)=O)cc2)cc1.NC(=O)C1=Cc2cc(Cl)cc(Cl)c2O[C@@H]1C(F)(F)F. The number of para-hydroxylation sites is 1. The number of hydrogen-bond donors (Lipinski definition) is 5. The van der Waals surface area contributed by atoms with Gasteiger partial charge in [0, 0.05) is 50.2 Å². The van der Waals surface area contributed by atoms with Crippen molar-refractivity contribution in [3.63, 3.8) is 0 Å². The Morgan fingerprint density at radius 3 is 1.85 bits per heavy atom. The highest BCUT2D eigenvalue weighted by atomic mass is 35.5. The van der Waals surface area contributed by atoms with Crippen LogP contribution < -0.4 is 46.4 Å². The molecule has 3 aromatic heterocycles. The third-order valence-corrected chi connectivity index (χ3v) is 16.7. The van der Waals surface area contributed by atoms with E-state index in [4.69, 9.17) is 58.6 Å². The molecule has 0 spiro atoms. The van der Waals surface area contributed by atoms with Crippen LogP contribution >= 0.6 is 47.0 Å². The van der Waals surface area contributed by atoms with Crippen LogP contribution in [0.25, 0.3) is 50.9 Å². The fraction of sp³-hybridized carbons (Fsp3) is 0.123. The van der Waals surface area contributed by atoms with E-state index in [9.17, 15) is 44.4 Å². The number of amides is 2. The standard InChI is InChI=1S/C19H20N2O3S.C18H18N2O2S2.C17H14N2O6S.C11H6Cl2F3NO2/c1-3-22-17-8-4-15(5-9-17)19-12-14(2)13-21(19)16-6-10-18(11-7-16)25-24-23-20;1-13-11-18(14-3-9-17(10-4-14)24(19,21)22)20(12-13)15-5-7-16(23-2)8-6-15;1-26(22,23)19-13-8-15-12(17(21)14(9-24-15)18-10-20)7-16(13)25-11-5-3-2-4-6-11;12-5-1-4-2-6(10(17)18)9(11(14,15)16)19-8(4)7(13)3-5/h4-13H,3,20H2,1-2H3;3-12H,1-2H3,(H2,19,21,22);2-10,19H,1H3,(H,18,20);1-3,9H,(H2,17,18)/t;;;9-/m...0/s1. The van der Waals surface area contributed by atoms with E-state index in [0.717, 1.165) is 80.7 Å². The second-order valence-electron chi connectivity index (χ2n) is 20.2. The molecule has 20 nitrogen and oxygen atoms in total. The highest BCUT2D eigenvalue weighted by Crippen LogP contribution is 2.43. The zero-order valence-corrected chi connectivity index (χ0v) is 55.0. The summed E-state index contributed by atoms with van der Waals surface area (Å²) in [7, 11) is -7.27. The summed E-state index contributed by atoms with van der Waals surface area (Å²) in [6.07, 6.45) is 2.45. The topological polar surface area (TPSA) is 291 Å². The molecule has 29 heteroatoms. The molecule has 0 unspecified atom stereocenters. The van der Waals surface area contributed by atoms with Gasteiger partial charge in [0.25, 0.3) is 0 Å². The zero-order valence-electron chi connectivity index (χ0n) is 50.2. The molecule has 2 amide bonds. The van der Waals surface area contributed by atoms with Gasteiger partial charge in [0.1, 0.15) is 34.8 Å². The van der Waals surface area contributed by atoms with Crippen molar-refractivity contribution < 1.29 is 67.5 Å². The molecule has 0 aliphatic carbocycles. The molecule has 0 fully saturated rings. The number of nitrogens with one attached hydrogen (secondary N) is 2. The lowest BCUT2D eigenvalue weighted by atomic mass is 10.0. The van der Waals surface area contributed by atoms with Crippen LogP contribution in [0.3, 0.4) is 0 Å². The van der Waals surface area contributed by atoms with Crippen molar-refractivity contribution >= 4 is 108 Å². The molecule has 1 aliphatic rings. The van der Waals surface area contributed by atoms with Gasteiger partial charge >= 0.3 is 6.18 Å². The number of aromatic nitrogens is 2. The lowest BCUT2D eigenvalue weighted by molar-refractivity contribution is -0.195. The zero-order chi connectivity index (χ0) is 68.1. The summed E-state index contributed by atoms with van der Waals surface area (Å²) in [5.74, 6) is 4.91. The van der Waals surface area contributed by atoms with E-state index in [2.05, 4.69) is 96.3 Å². The van der Waals surface area contributed by atoms with Crippen LogP contribution in [0, 0.1) is 13.8 Å². The van der Waals surface area contributed by atoms with Crippen LogP contribution in [-0.2, 0) is 39.0 Å². The van der Waals surface area contributed by atoms with E-state index >= 15 is 0 Å². The number of ether oxygens (including phenoxy) is 3. The number of carbonyl (C=O) groups is 2. The predicted octanol–water partition coefficient (Wildman–Crippen LogP) is 14.2. The normalized spacial score (nSPS) is 12.6. The molecular formula is C65H58Cl2F3N7O13S4. The Balaban J connectivity index is 0.000000162. The van der Waals surface area contributed by atoms with Gasteiger partial charge < -0.3 is 38.8 Å². The van der Waals surface area contributed by atoms with Crippen LogP contribution in [0.5, 0.6) is 23.0 Å². The van der Waals surface area contributed by atoms with Crippen molar-refractivity contribution in [1.82, 2.24) is 9.13 Å². The summed E-state index contributed by atoms with van der Waals surface area (Å²) < 4.78 is 117. The summed E-state index contributed by atoms with van der Waals surface area (Å²) in [5, 5.41) is 7.67. The Labute approximate surface area is 556 Å². The summed E-state index contributed by atoms with van der Waals surface area (Å²) in [6.45, 7) is 6.77. The maximum Gasteiger partial charge on any atom is 0.429 e. The summed E-state index contributed by atoms with van der Waals surface area (Å²) in [5.41, 5.74) is 12.8. The second-order valence-corrected chi connectivity index (χ2v) is 26.0. The van der Waals surface area contributed by atoms with Crippen molar-refractivity contribution in [1.29, 1.82) is 0 Å². The van der Waals surface area contributed by atoms with Crippen molar-refractivity contribution in [2.45, 2.75) is 47.7 Å². The minimum Gasteiger partial charge on any atom is -0.494 e. The molecule has 0 saturated heterocycles. The minimum absolute atomic E-state index is 0.0398. The number of thioether (sulfide) groups is 1. The second kappa shape index (κ2) is 31.3. The minimum atomic E-state index is -4.78. The number of anilines is 2. The van der Waals surface area contributed by atoms with Crippen molar-refractivity contribution in [3.8, 4) is 56.9 Å². The first-order chi connectivity index (χ1) is 44.7. The molecular weight excluding hydrogens is 1340 g/mol. The number of benzene rings is 7. The van der Waals surface area contributed by atoms with E-state index in [1.54, 1.807) is 54.2 Å². The van der Waals surface area contributed by atoms with Gasteiger partial charge in [-0.05, 0) is 183 Å². The largest absolute Gasteiger partial charge is 0.494 e. The van der Waals surface area contributed by atoms with E-state index in [1.165, 1.54) is 46.9 Å². The van der Waals surface area contributed by atoms with Crippen LogP contribution in [0.1, 0.15) is 23.6 Å². The number of halogens is 5. The quantitative estimate of drug-likeness (QED) is 0.0175. The fourth-order valence-electron chi connectivity index (χ4n) is 9.21. The average Bonchev–Trinajstić information content (AvgIpc) is 1.02. The van der Waals surface area contributed by atoms with E-state index in [0.29, 0.717) is 18.8 Å². The molecule has 0 saturated carbocycles. The molecule has 1 atom stereocenters. The number of hydrogen-bond acceptors (Lipinski definition) is 16. The Kier molecular flexibility index (Phi) is 23.6. The molecule has 11 rings (SSSR count). The van der Waals surface area contributed by atoms with Gasteiger partial charge in [0.05, 0.1) is 62.9 Å². The number of aryl methyl sites for hydroxylation is 2. The number of carbonyl (C=O) groups excluding carboxylic acids is 2. The Hall–Kier alpha value is -9.00. The summed E-state index contributed by atoms with van der Waals surface area (Å²) in [6, 6.07) is 49.3. The molecule has 7 aromatic carbocycles. The first-order valence-electron chi connectivity index (χ1n) is 27.6. The van der Waals surface area contributed by atoms with E-state index < -0.39 is 49.2 Å². The predicted molar refractivity (Wildman–Crippen MR) is 360 cm³/mol. The number of alkyl halides is 3. The number of primary sulfonamides is 1. The highest BCUT2D eigenvalue weighted by molar-refractivity contribution is 7.98. The first-order valence-corrected chi connectivity index (χ1v) is 33.8. The Bertz CT molecular complexity index is 4660. The van der Waals surface area contributed by atoms with Crippen molar-refractivity contribution in [2.75, 3.05) is 29.2 Å². The lowest BCUT2D eigenvalue weighted by Gasteiger charge is -2.28. The van der Waals surface area contributed by atoms with Crippen LogP contribution in [0.15, 0.2) is 212 Å². The maximum absolute atomic E-state index is 12.8. The number of rotatable bonds is 18. The molecule has 1 aliphatic heterocycles. The number of fused-ring (bicyclic) bond motifs is 2. The average molecular weight is 1400 g/mol. The van der Waals surface area contributed by atoms with Crippen LogP contribution in [-0.4, -0.2) is 69.7 Å². The van der Waals surface area contributed by atoms with Crippen molar-refractivity contribution in [3.05, 3.63) is 225 Å². The van der Waals surface area contributed by atoms with Gasteiger partial charge in [-0.15, -0.1) is 21.1 Å². The third kappa shape index (κ3) is 18.6. The van der Waals surface area contributed by atoms with Crippen molar-refractivity contribution in [2.24, 2.45) is 16.8 Å². The monoisotopic (exact) mass is 1400 g/mol. The van der Waals surface area contributed by atoms with E-state index in [-0.39, 0.29) is 54.3 Å². The van der Waals surface area contributed by atoms with Gasteiger partial charge in [-0.25, -0.2) is 22.0 Å². The summed E-state index contributed by atoms with van der Waals surface area (Å²) >= 11 is 14.3. The molecule has 490 valence electrons. The smallest absolute Gasteiger partial charge is 0.429 e. The number of primary amides is 1. The van der Waals surface area contributed by atoms with Crippen LogP contribution in [0.4, 0.5) is 24.5 Å². The van der Waals surface area contributed by atoms with Crippen LogP contribution in [0.2, 0.25) is 10.0 Å². The number of sulfonamides is 2. The Morgan fingerprint density at radius 1 is 0.766 bits per heavy atom.